The summed E-state index contributed by atoms with van der Waals surface area (Å²) in [6, 6.07) is 5.69. The number of sulfonamides is 1. The summed E-state index contributed by atoms with van der Waals surface area (Å²) in [5.74, 6) is 0. The summed E-state index contributed by atoms with van der Waals surface area (Å²) in [7, 11) is -3.70. The molecule has 0 radical (unpaired) electrons. The first-order chi connectivity index (χ1) is 8.99. The molecule has 1 aromatic rings. The lowest BCUT2D eigenvalue weighted by molar-refractivity contribution is 0.0508. The van der Waals surface area contributed by atoms with Gasteiger partial charge in [0.05, 0.1) is 10.9 Å². The minimum Gasteiger partial charge on any atom is -0.444 e. The average Bonchev–Trinajstić information content (AvgIpc) is 2.25. The fraction of sp³-hybridized carbons (Fsp3) is 0.462. The SMILES string of the molecule is CC(NC(=O)OC(C)(C)C)c1ccc(S(N)(=O)=O)cc1. The summed E-state index contributed by atoms with van der Waals surface area (Å²) in [5, 5.41) is 7.68. The van der Waals surface area contributed by atoms with Gasteiger partial charge in [-0.25, -0.2) is 18.4 Å². The van der Waals surface area contributed by atoms with Crippen LogP contribution in [0.25, 0.3) is 0 Å². The molecule has 0 heterocycles. The largest absolute Gasteiger partial charge is 0.444 e. The number of hydrogen-bond acceptors (Lipinski definition) is 4. The predicted molar refractivity (Wildman–Crippen MR) is 75.6 cm³/mol. The number of nitrogens with one attached hydrogen (secondary N) is 1. The third kappa shape index (κ3) is 5.18. The van der Waals surface area contributed by atoms with Gasteiger partial charge in [-0.05, 0) is 45.4 Å². The van der Waals surface area contributed by atoms with Crippen LogP contribution in [0.15, 0.2) is 29.2 Å². The first kappa shape index (κ1) is 16.5. The summed E-state index contributed by atoms with van der Waals surface area (Å²) in [4.78, 5) is 11.7. The molecule has 0 saturated carbocycles. The second-order valence-electron chi connectivity index (χ2n) is 5.48. The van der Waals surface area contributed by atoms with Gasteiger partial charge in [0, 0.05) is 0 Å². The van der Waals surface area contributed by atoms with Crippen LogP contribution in [-0.4, -0.2) is 20.1 Å². The van der Waals surface area contributed by atoms with Crippen molar-refractivity contribution in [3.05, 3.63) is 29.8 Å². The third-order valence-electron chi connectivity index (χ3n) is 2.44. The van der Waals surface area contributed by atoms with Gasteiger partial charge in [-0.2, -0.15) is 0 Å². The molecule has 3 N–H and O–H groups in total. The van der Waals surface area contributed by atoms with Crippen molar-refractivity contribution in [3.63, 3.8) is 0 Å². The second kappa shape index (κ2) is 5.80. The standard InChI is InChI=1S/C13H20N2O4S/c1-9(15-12(16)19-13(2,3)4)10-5-7-11(8-6-10)20(14,17)18/h5-9H,1-4H3,(H,15,16)(H2,14,17,18). The van der Waals surface area contributed by atoms with Crippen LogP contribution in [-0.2, 0) is 14.8 Å². The van der Waals surface area contributed by atoms with E-state index < -0.39 is 21.7 Å². The number of benzene rings is 1. The van der Waals surface area contributed by atoms with Crippen LogP contribution in [0, 0.1) is 0 Å². The van der Waals surface area contributed by atoms with Crippen molar-refractivity contribution in [2.24, 2.45) is 5.14 Å². The minimum absolute atomic E-state index is 0.0331. The molecule has 0 aromatic heterocycles. The molecule has 0 spiro atoms. The van der Waals surface area contributed by atoms with E-state index in [1.807, 2.05) is 0 Å². The van der Waals surface area contributed by atoms with E-state index in [1.54, 1.807) is 39.8 Å². The maximum Gasteiger partial charge on any atom is 0.408 e. The number of carbonyl (C=O) groups is 1. The molecule has 1 rings (SSSR count). The van der Waals surface area contributed by atoms with Crippen LogP contribution in [0.5, 0.6) is 0 Å². The van der Waals surface area contributed by atoms with E-state index in [9.17, 15) is 13.2 Å². The number of hydrogen-bond donors (Lipinski definition) is 2. The number of nitrogens with two attached hydrogens (primary N) is 1. The Hall–Kier alpha value is -1.60. The predicted octanol–water partition coefficient (Wildman–Crippen LogP) is 1.92. The zero-order valence-corrected chi connectivity index (χ0v) is 12.8. The van der Waals surface area contributed by atoms with Gasteiger partial charge >= 0.3 is 6.09 Å². The van der Waals surface area contributed by atoms with Gasteiger partial charge in [0.2, 0.25) is 10.0 Å². The van der Waals surface area contributed by atoms with Gasteiger partial charge in [0.1, 0.15) is 5.60 Å². The number of amides is 1. The maximum absolute atomic E-state index is 11.6. The Morgan fingerprint density at radius 2 is 1.75 bits per heavy atom. The lowest BCUT2D eigenvalue weighted by Gasteiger charge is -2.22. The van der Waals surface area contributed by atoms with Crippen LogP contribution >= 0.6 is 0 Å². The number of rotatable bonds is 3. The topological polar surface area (TPSA) is 98.5 Å². The highest BCUT2D eigenvalue weighted by atomic mass is 32.2. The van der Waals surface area contributed by atoms with E-state index in [0.29, 0.717) is 0 Å². The van der Waals surface area contributed by atoms with Crippen LogP contribution in [0.3, 0.4) is 0 Å². The highest BCUT2D eigenvalue weighted by molar-refractivity contribution is 7.89. The molecule has 0 bridgehead atoms. The van der Waals surface area contributed by atoms with E-state index in [-0.39, 0.29) is 10.9 Å². The molecule has 1 unspecified atom stereocenters. The molecule has 0 fully saturated rings. The highest BCUT2D eigenvalue weighted by Gasteiger charge is 2.18. The van der Waals surface area contributed by atoms with Gasteiger partial charge in [-0.15, -0.1) is 0 Å². The van der Waals surface area contributed by atoms with Crippen molar-refractivity contribution in [1.82, 2.24) is 5.32 Å². The van der Waals surface area contributed by atoms with Crippen LogP contribution in [0.1, 0.15) is 39.3 Å². The molecule has 112 valence electrons. The molecule has 0 aliphatic rings. The summed E-state index contributed by atoms with van der Waals surface area (Å²) >= 11 is 0. The van der Waals surface area contributed by atoms with Gasteiger partial charge in [-0.3, -0.25) is 0 Å². The van der Waals surface area contributed by atoms with E-state index >= 15 is 0 Å². The number of alkyl carbamates (subject to hydrolysis) is 1. The van der Waals surface area contributed by atoms with E-state index in [4.69, 9.17) is 9.88 Å². The Balaban J connectivity index is 2.74. The Labute approximate surface area is 119 Å². The molecule has 7 heteroatoms. The molecule has 1 aromatic carbocycles. The number of primary sulfonamides is 1. The van der Waals surface area contributed by atoms with Gasteiger partial charge in [0.25, 0.3) is 0 Å². The Morgan fingerprint density at radius 1 is 1.25 bits per heavy atom. The van der Waals surface area contributed by atoms with Gasteiger partial charge < -0.3 is 10.1 Å². The zero-order valence-electron chi connectivity index (χ0n) is 12.0. The Kier molecular flexibility index (Phi) is 4.77. The van der Waals surface area contributed by atoms with Crippen molar-refractivity contribution in [2.45, 2.75) is 44.2 Å². The first-order valence-electron chi connectivity index (χ1n) is 6.11. The molecular formula is C13H20N2O4S. The molecule has 6 nitrogen and oxygen atoms in total. The van der Waals surface area contributed by atoms with Crippen molar-refractivity contribution in [1.29, 1.82) is 0 Å². The zero-order chi connectivity index (χ0) is 15.6. The maximum atomic E-state index is 11.6. The molecule has 20 heavy (non-hydrogen) atoms. The van der Waals surface area contributed by atoms with E-state index in [2.05, 4.69) is 5.32 Å². The molecule has 1 amide bonds. The minimum atomic E-state index is -3.70. The second-order valence-corrected chi connectivity index (χ2v) is 7.04. The summed E-state index contributed by atoms with van der Waals surface area (Å²) in [6.07, 6.45) is -0.527. The fourth-order valence-corrected chi connectivity index (χ4v) is 2.03. The lowest BCUT2D eigenvalue weighted by Crippen LogP contribution is -2.34. The van der Waals surface area contributed by atoms with E-state index in [0.717, 1.165) is 5.56 Å². The monoisotopic (exact) mass is 300 g/mol. The van der Waals surface area contributed by atoms with Crippen molar-refractivity contribution < 1.29 is 17.9 Å². The quantitative estimate of drug-likeness (QED) is 0.890. The van der Waals surface area contributed by atoms with Gasteiger partial charge in [0.15, 0.2) is 0 Å². The molecule has 1 atom stereocenters. The summed E-state index contributed by atoms with van der Waals surface area (Å²) in [5.41, 5.74) is 0.185. The fourth-order valence-electron chi connectivity index (χ4n) is 1.51. The molecule has 0 aliphatic carbocycles. The first-order valence-corrected chi connectivity index (χ1v) is 7.66. The molecule has 0 saturated heterocycles. The summed E-state index contributed by atoms with van der Waals surface area (Å²) in [6.45, 7) is 7.10. The number of carbonyl (C=O) groups excluding carboxylic acids is 1. The Morgan fingerprint density at radius 3 is 2.15 bits per heavy atom. The van der Waals surface area contributed by atoms with Crippen molar-refractivity contribution in [2.75, 3.05) is 0 Å². The molecule has 0 aliphatic heterocycles. The number of ether oxygens (including phenoxy) is 1. The smallest absolute Gasteiger partial charge is 0.408 e. The average molecular weight is 300 g/mol. The van der Waals surface area contributed by atoms with Crippen LogP contribution < -0.4 is 10.5 Å². The lowest BCUT2D eigenvalue weighted by atomic mass is 10.1. The van der Waals surface area contributed by atoms with Crippen molar-refractivity contribution >= 4 is 16.1 Å². The summed E-state index contributed by atoms with van der Waals surface area (Å²) < 4.78 is 27.4. The van der Waals surface area contributed by atoms with E-state index in [1.165, 1.54) is 12.1 Å². The molecular weight excluding hydrogens is 280 g/mol. The van der Waals surface area contributed by atoms with Crippen LogP contribution in [0.2, 0.25) is 0 Å². The highest BCUT2D eigenvalue weighted by Crippen LogP contribution is 2.16. The third-order valence-corrected chi connectivity index (χ3v) is 3.37. The normalized spacial score (nSPS) is 13.7. The Bertz CT molecular complexity index is 573. The van der Waals surface area contributed by atoms with Crippen LogP contribution in [0.4, 0.5) is 4.79 Å². The van der Waals surface area contributed by atoms with Crippen molar-refractivity contribution in [3.8, 4) is 0 Å². The van der Waals surface area contributed by atoms with Gasteiger partial charge in [-0.1, -0.05) is 12.1 Å².